The number of thioether (sulfide) groups is 1. The largest absolute Gasteiger partial charge is 0.298 e. The average Bonchev–Trinajstić information content (AvgIpc) is 2.02. The molecule has 0 unspecified atom stereocenters. The van der Waals surface area contributed by atoms with Gasteiger partial charge in [-0.05, 0) is 19.8 Å². The van der Waals surface area contributed by atoms with E-state index in [1.54, 1.807) is 6.92 Å². The molecule has 3 heteroatoms. The van der Waals surface area contributed by atoms with Crippen LogP contribution < -0.4 is 0 Å². The summed E-state index contributed by atoms with van der Waals surface area (Å²) in [5, 5.41) is 16.2. The molecule has 0 aliphatic carbocycles. The number of nitrogens with one attached hydrogen (secondary N) is 2. The summed E-state index contributed by atoms with van der Waals surface area (Å²) in [6, 6.07) is 0. The second-order valence-electron chi connectivity index (χ2n) is 3.26. The molecule has 70 valence electrons. The molecular weight excluding hydrogens is 168 g/mol. The summed E-state index contributed by atoms with van der Waals surface area (Å²) in [6.07, 6.45) is 1.95. The van der Waals surface area contributed by atoms with Crippen LogP contribution in [0.15, 0.2) is 0 Å². The molecule has 2 N–H and O–H groups in total. The Bertz CT molecular complexity index is 183. The van der Waals surface area contributed by atoms with E-state index in [9.17, 15) is 0 Å². The van der Waals surface area contributed by atoms with Crippen LogP contribution in [0.3, 0.4) is 0 Å². The van der Waals surface area contributed by atoms with E-state index in [4.69, 9.17) is 10.8 Å². The lowest BCUT2D eigenvalue weighted by Crippen LogP contribution is -2.23. The molecule has 0 aromatic rings. The standard InChI is InChI=1S/C9H18N2S/c1-5-9(4,6-2)8(11)12-7(3)10/h10-11H,5-6H2,1-4H3. The van der Waals surface area contributed by atoms with E-state index in [0.29, 0.717) is 10.1 Å². The predicted octanol–water partition coefficient (Wildman–Crippen LogP) is 3.52. The van der Waals surface area contributed by atoms with Crippen LogP contribution in [0, 0.1) is 16.2 Å². The maximum absolute atomic E-state index is 7.80. The van der Waals surface area contributed by atoms with Crippen molar-refractivity contribution in [3.05, 3.63) is 0 Å². The molecule has 0 saturated carbocycles. The minimum Gasteiger partial charge on any atom is -0.298 e. The Kier molecular flexibility index (Phi) is 4.53. The maximum Gasteiger partial charge on any atom is 0.0759 e. The molecule has 0 aliphatic rings. The van der Waals surface area contributed by atoms with Crippen molar-refractivity contribution in [3.8, 4) is 0 Å². The molecule has 12 heavy (non-hydrogen) atoms. The highest BCUT2D eigenvalue weighted by Crippen LogP contribution is 2.32. The third-order valence-corrected chi connectivity index (χ3v) is 3.37. The van der Waals surface area contributed by atoms with Crippen molar-refractivity contribution in [2.45, 2.75) is 40.5 Å². The van der Waals surface area contributed by atoms with Crippen molar-refractivity contribution < 1.29 is 0 Å². The quantitative estimate of drug-likeness (QED) is 0.514. The van der Waals surface area contributed by atoms with Crippen molar-refractivity contribution in [1.29, 1.82) is 10.8 Å². The zero-order valence-electron chi connectivity index (χ0n) is 8.32. The molecule has 2 nitrogen and oxygen atoms in total. The van der Waals surface area contributed by atoms with Gasteiger partial charge < -0.3 is 0 Å². The summed E-state index contributed by atoms with van der Waals surface area (Å²) in [7, 11) is 0. The van der Waals surface area contributed by atoms with Crippen LogP contribution in [0.2, 0.25) is 0 Å². The smallest absolute Gasteiger partial charge is 0.0759 e. The van der Waals surface area contributed by atoms with Gasteiger partial charge in [-0.3, -0.25) is 10.8 Å². The Balaban J connectivity index is 4.32. The van der Waals surface area contributed by atoms with E-state index >= 15 is 0 Å². The Morgan fingerprint density at radius 2 is 1.67 bits per heavy atom. The fourth-order valence-electron chi connectivity index (χ4n) is 0.847. The summed E-state index contributed by atoms with van der Waals surface area (Å²) in [6.45, 7) is 8.01. The van der Waals surface area contributed by atoms with E-state index < -0.39 is 0 Å². The van der Waals surface area contributed by atoms with E-state index in [1.165, 1.54) is 11.8 Å². The van der Waals surface area contributed by atoms with Crippen molar-refractivity contribution >= 4 is 21.8 Å². The van der Waals surface area contributed by atoms with Gasteiger partial charge in [-0.15, -0.1) is 0 Å². The number of rotatable bonds is 3. The minimum absolute atomic E-state index is 0.0209. The molecular formula is C9H18N2S. The maximum atomic E-state index is 7.80. The van der Waals surface area contributed by atoms with Crippen LogP contribution in [0.1, 0.15) is 40.5 Å². The van der Waals surface area contributed by atoms with Gasteiger partial charge in [-0.1, -0.05) is 32.5 Å². The second kappa shape index (κ2) is 4.65. The molecule has 0 fully saturated rings. The molecule has 0 radical (unpaired) electrons. The molecule has 0 rings (SSSR count). The fourth-order valence-corrected chi connectivity index (χ4v) is 1.69. The van der Waals surface area contributed by atoms with Crippen molar-refractivity contribution in [2.75, 3.05) is 0 Å². The monoisotopic (exact) mass is 186 g/mol. The minimum atomic E-state index is -0.0209. The van der Waals surface area contributed by atoms with Gasteiger partial charge in [0.05, 0.1) is 10.1 Å². The first-order valence-corrected chi connectivity index (χ1v) is 5.10. The SMILES string of the molecule is CCC(C)(CC)C(=N)SC(C)=N. The second-order valence-corrected chi connectivity index (χ2v) is 4.48. The Morgan fingerprint density at radius 3 is 1.92 bits per heavy atom. The van der Waals surface area contributed by atoms with Gasteiger partial charge in [0.1, 0.15) is 0 Å². The summed E-state index contributed by atoms with van der Waals surface area (Å²) in [5.41, 5.74) is -0.0209. The predicted molar refractivity (Wildman–Crippen MR) is 57.4 cm³/mol. The third-order valence-electron chi connectivity index (χ3n) is 2.36. The lowest BCUT2D eigenvalue weighted by molar-refractivity contribution is 0.438. The van der Waals surface area contributed by atoms with Gasteiger partial charge in [-0.2, -0.15) is 0 Å². The Hall–Kier alpha value is -0.310. The van der Waals surface area contributed by atoms with Crippen molar-refractivity contribution in [2.24, 2.45) is 5.41 Å². The van der Waals surface area contributed by atoms with E-state index in [2.05, 4.69) is 20.8 Å². The number of hydrogen-bond acceptors (Lipinski definition) is 3. The van der Waals surface area contributed by atoms with Gasteiger partial charge >= 0.3 is 0 Å². The van der Waals surface area contributed by atoms with Crippen LogP contribution >= 0.6 is 11.8 Å². The fraction of sp³-hybridized carbons (Fsp3) is 0.778. The molecule has 0 amide bonds. The van der Waals surface area contributed by atoms with Gasteiger partial charge in [0.2, 0.25) is 0 Å². The van der Waals surface area contributed by atoms with Crippen LogP contribution in [0.25, 0.3) is 0 Å². The highest BCUT2D eigenvalue weighted by Gasteiger charge is 2.26. The molecule has 0 atom stereocenters. The summed E-state index contributed by atoms with van der Waals surface area (Å²) >= 11 is 1.28. The van der Waals surface area contributed by atoms with Crippen LogP contribution in [0.5, 0.6) is 0 Å². The molecule has 0 aromatic heterocycles. The molecule has 0 aliphatic heterocycles. The van der Waals surface area contributed by atoms with Gasteiger partial charge in [0.15, 0.2) is 0 Å². The van der Waals surface area contributed by atoms with Crippen molar-refractivity contribution in [3.63, 3.8) is 0 Å². The topological polar surface area (TPSA) is 47.7 Å². The first-order chi connectivity index (χ1) is 5.46. The Labute approximate surface area is 79.2 Å². The molecule has 0 spiro atoms. The van der Waals surface area contributed by atoms with Crippen LogP contribution in [-0.4, -0.2) is 10.1 Å². The summed E-state index contributed by atoms with van der Waals surface area (Å²) in [4.78, 5) is 0. The first kappa shape index (κ1) is 11.7. The lowest BCUT2D eigenvalue weighted by atomic mass is 9.86. The zero-order valence-corrected chi connectivity index (χ0v) is 9.14. The zero-order chi connectivity index (χ0) is 9.78. The Morgan fingerprint density at radius 1 is 1.25 bits per heavy atom. The molecule has 0 bridgehead atoms. The molecule has 0 aromatic carbocycles. The summed E-state index contributed by atoms with van der Waals surface area (Å²) < 4.78 is 0. The van der Waals surface area contributed by atoms with Crippen LogP contribution in [-0.2, 0) is 0 Å². The first-order valence-electron chi connectivity index (χ1n) is 4.28. The van der Waals surface area contributed by atoms with Gasteiger partial charge in [0, 0.05) is 5.41 Å². The summed E-state index contributed by atoms with van der Waals surface area (Å²) in [5.74, 6) is 0. The van der Waals surface area contributed by atoms with Gasteiger partial charge in [-0.25, -0.2) is 0 Å². The number of hydrogen-bond donors (Lipinski definition) is 2. The molecule has 0 heterocycles. The van der Waals surface area contributed by atoms with E-state index in [0.717, 1.165) is 12.8 Å². The van der Waals surface area contributed by atoms with E-state index in [1.807, 2.05) is 0 Å². The lowest BCUT2D eigenvalue weighted by Gasteiger charge is -2.26. The average molecular weight is 186 g/mol. The van der Waals surface area contributed by atoms with Crippen LogP contribution in [0.4, 0.5) is 0 Å². The highest BCUT2D eigenvalue weighted by molar-refractivity contribution is 8.26. The van der Waals surface area contributed by atoms with Crippen molar-refractivity contribution in [1.82, 2.24) is 0 Å². The van der Waals surface area contributed by atoms with E-state index in [-0.39, 0.29) is 5.41 Å². The normalized spacial score (nSPS) is 11.3. The highest BCUT2D eigenvalue weighted by atomic mass is 32.2. The molecule has 0 saturated heterocycles. The van der Waals surface area contributed by atoms with Gasteiger partial charge in [0.25, 0.3) is 0 Å². The third kappa shape index (κ3) is 2.97.